The van der Waals surface area contributed by atoms with Crippen LogP contribution in [0.15, 0.2) is 88.8 Å². The summed E-state index contributed by atoms with van der Waals surface area (Å²) in [4.78, 5) is 12.8. The fraction of sp³-hybridized carbons (Fsp3) is 0.192. The third-order valence-corrected chi connectivity index (χ3v) is 7.33. The summed E-state index contributed by atoms with van der Waals surface area (Å²) < 4.78 is 41.4. The van der Waals surface area contributed by atoms with Crippen LogP contribution >= 0.6 is 0 Å². The molecule has 170 valence electrons. The van der Waals surface area contributed by atoms with Gasteiger partial charge in [0.25, 0.3) is 0 Å². The van der Waals surface area contributed by atoms with Gasteiger partial charge in [0.15, 0.2) is 0 Å². The van der Waals surface area contributed by atoms with Gasteiger partial charge in [-0.05, 0) is 60.9 Å². The normalized spacial score (nSPS) is 11.6. The summed E-state index contributed by atoms with van der Waals surface area (Å²) in [6.07, 6.45) is 4.72. The highest BCUT2D eigenvalue weighted by atomic mass is 32.2. The average Bonchev–Trinajstić information content (AvgIpc) is 3.18. The summed E-state index contributed by atoms with van der Waals surface area (Å²) in [5, 5.41) is 3.38. The molecule has 7 heteroatoms. The van der Waals surface area contributed by atoms with Gasteiger partial charge in [0.2, 0.25) is 15.7 Å². The van der Waals surface area contributed by atoms with Crippen LogP contribution in [0.3, 0.4) is 0 Å². The number of carbonyl (C=O) groups is 1. The van der Waals surface area contributed by atoms with Crippen molar-refractivity contribution in [1.82, 2.24) is 4.57 Å². The fourth-order valence-corrected chi connectivity index (χ4v) is 5.27. The molecule has 0 bridgehead atoms. The summed E-state index contributed by atoms with van der Waals surface area (Å²) in [6, 6.07) is 19.5. The molecular formula is C26H25FN2O3S. The van der Waals surface area contributed by atoms with E-state index in [0.717, 1.165) is 31.4 Å². The van der Waals surface area contributed by atoms with Crippen LogP contribution in [0, 0.1) is 5.82 Å². The third kappa shape index (κ3) is 4.98. The zero-order chi connectivity index (χ0) is 23.4. The van der Waals surface area contributed by atoms with Gasteiger partial charge >= 0.3 is 0 Å². The highest BCUT2D eigenvalue weighted by Gasteiger charge is 2.24. The summed E-state index contributed by atoms with van der Waals surface area (Å²) in [7, 11) is -3.89. The maximum atomic E-state index is 13.3. The van der Waals surface area contributed by atoms with Crippen LogP contribution in [0.25, 0.3) is 10.9 Å². The first-order valence-electron chi connectivity index (χ1n) is 10.9. The Balaban J connectivity index is 1.59. The van der Waals surface area contributed by atoms with E-state index in [4.69, 9.17) is 0 Å². The molecule has 0 fully saturated rings. The van der Waals surface area contributed by atoms with Crippen molar-refractivity contribution in [3.05, 3.63) is 90.4 Å². The van der Waals surface area contributed by atoms with Gasteiger partial charge in [0.05, 0.1) is 9.79 Å². The first-order chi connectivity index (χ1) is 15.9. The van der Waals surface area contributed by atoms with E-state index in [-0.39, 0.29) is 22.2 Å². The Hall–Kier alpha value is -3.45. The first-order valence-corrected chi connectivity index (χ1v) is 12.3. The van der Waals surface area contributed by atoms with Gasteiger partial charge in [-0.2, -0.15) is 0 Å². The van der Waals surface area contributed by atoms with Crippen LogP contribution in [0.1, 0.15) is 25.3 Å². The number of hydrogen-bond acceptors (Lipinski definition) is 3. The number of aromatic nitrogens is 1. The van der Waals surface area contributed by atoms with Gasteiger partial charge in [-0.25, -0.2) is 12.8 Å². The van der Waals surface area contributed by atoms with Crippen molar-refractivity contribution in [2.24, 2.45) is 0 Å². The summed E-state index contributed by atoms with van der Waals surface area (Å²) in [5.41, 5.74) is 2.54. The minimum Gasteiger partial charge on any atom is -0.337 e. The van der Waals surface area contributed by atoms with Crippen LogP contribution in [0.4, 0.5) is 10.1 Å². The first kappa shape index (κ1) is 22.7. The minimum atomic E-state index is -3.89. The highest BCUT2D eigenvalue weighted by Crippen LogP contribution is 2.30. The second-order valence-electron chi connectivity index (χ2n) is 7.94. The number of fused-ring (bicyclic) bond motifs is 1. The van der Waals surface area contributed by atoms with Crippen molar-refractivity contribution >= 4 is 32.3 Å². The molecule has 33 heavy (non-hydrogen) atoms. The number of amides is 1. The Morgan fingerprint density at radius 2 is 1.67 bits per heavy atom. The van der Waals surface area contributed by atoms with Crippen LogP contribution < -0.4 is 5.32 Å². The van der Waals surface area contributed by atoms with E-state index < -0.39 is 15.7 Å². The minimum absolute atomic E-state index is 0.000539. The molecule has 0 aliphatic rings. The van der Waals surface area contributed by atoms with Gasteiger partial charge < -0.3 is 9.88 Å². The Kier molecular flexibility index (Phi) is 6.60. The SMILES string of the molecule is CCCCc1ccc(NC(=O)Cn2cc(S(=O)(=O)c3ccc(F)cc3)c3ccccc32)cc1. The largest absolute Gasteiger partial charge is 0.337 e. The smallest absolute Gasteiger partial charge is 0.244 e. The molecule has 4 rings (SSSR count). The molecule has 4 aromatic rings. The number of benzene rings is 3. The molecule has 1 heterocycles. The molecule has 0 spiro atoms. The molecule has 0 atom stereocenters. The predicted molar refractivity (Wildman–Crippen MR) is 127 cm³/mol. The van der Waals surface area contributed by atoms with Crippen LogP contribution in [0.5, 0.6) is 0 Å². The number of rotatable bonds is 8. The van der Waals surface area contributed by atoms with E-state index in [2.05, 4.69) is 12.2 Å². The molecule has 5 nitrogen and oxygen atoms in total. The number of para-hydroxylation sites is 1. The van der Waals surface area contributed by atoms with Crippen molar-refractivity contribution in [3.8, 4) is 0 Å². The highest BCUT2D eigenvalue weighted by molar-refractivity contribution is 7.91. The average molecular weight is 465 g/mol. The number of sulfone groups is 1. The third-order valence-electron chi connectivity index (χ3n) is 5.54. The molecule has 0 aliphatic carbocycles. The zero-order valence-corrected chi connectivity index (χ0v) is 19.1. The summed E-state index contributed by atoms with van der Waals surface area (Å²) >= 11 is 0. The molecule has 0 unspecified atom stereocenters. The van der Waals surface area contributed by atoms with Crippen molar-refractivity contribution < 1.29 is 17.6 Å². The second kappa shape index (κ2) is 9.58. The predicted octanol–water partition coefficient (Wildman–Crippen LogP) is 5.59. The molecule has 1 amide bonds. The summed E-state index contributed by atoms with van der Waals surface area (Å²) in [5.74, 6) is -0.769. The molecule has 0 radical (unpaired) electrons. The Labute approximate surface area is 192 Å². The van der Waals surface area contributed by atoms with Crippen molar-refractivity contribution in [2.45, 2.75) is 42.5 Å². The van der Waals surface area contributed by atoms with E-state index in [1.807, 2.05) is 24.3 Å². The van der Waals surface area contributed by atoms with E-state index in [1.165, 1.54) is 23.9 Å². The van der Waals surface area contributed by atoms with E-state index in [0.29, 0.717) is 16.6 Å². The van der Waals surface area contributed by atoms with Gasteiger partial charge in [-0.3, -0.25) is 4.79 Å². The van der Waals surface area contributed by atoms with Crippen LogP contribution in [-0.4, -0.2) is 18.9 Å². The number of nitrogens with zero attached hydrogens (tertiary/aromatic N) is 1. The standard InChI is InChI=1S/C26H25FN2O3S/c1-2-3-6-19-9-13-21(14-10-19)28-26(30)18-29-17-25(23-7-4-5-8-24(23)29)33(31,32)22-15-11-20(27)12-16-22/h4-5,7-17H,2-3,6,18H2,1H3,(H,28,30). The zero-order valence-electron chi connectivity index (χ0n) is 18.3. The molecular weight excluding hydrogens is 439 g/mol. The fourth-order valence-electron chi connectivity index (χ4n) is 3.79. The second-order valence-corrected chi connectivity index (χ2v) is 9.86. The van der Waals surface area contributed by atoms with E-state index in [9.17, 15) is 17.6 Å². The number of carbonyl (C=O) groups excluding carboxylic acids is 1. The van der Waals surface area contributed by atoms with E-state index in [1.54, 1.807) is 28.8 Å². The molecule has 3 aromatic carbocycles. The molecule has 1 N–H and O–H groups in total. The van der Waals surface area contributed by atoms with Crippen LogP contribution in [-0.2, 0) is 27.6 Å². The number of halogens is 1. The number of anilines is 1. The van der Waals surface area contributed by atoms with Crippen molar-refractivity contribution in [1.29, 1.82) is 0 Å². The lowest BCUT2D eigenvalue weighted by Crippen LogP contribution is -2.18. The molecule has 0 saturated heterocycles. The quantitative estimate of drug-likeness (QED) is 0.346. The topological polar surface area (TPSA) is 68.2 Å². The lowest BCUT2D eigenvalue weighted by molar-refractivity contribution is -0.116. The number of aryl methyl sites for hydroxylation is 1. The van der Waals surface area contributed by atoms with Gasteiger partial charge in [-0.15, -0.1) is 0 Å². The Morgan fingerprint density at radius 1 is 0.970 bits per heavy atom. The molecule has 0 aliphatic heterocycles. The Bertz CT molecular complexity index is 1380. The monoisotopic (exact) mass is 464 g/mol. The van der Waals surface area contributed by atoms with Crippen molar-refractivity contribution in [3.63, 3.8) is 0 Å². The number of hydrogen-bond donors (Lipinski definition) is 1. The van der Waals surface area contributed by atoms with Gasteiger partial charge in [0.1, 0.15) is 12.4 Å². The van der Waals surface area contributed by atoms with E-state index >= 15 is 0 Å². The van der Waals surface area contributed by atoms with Crippen LogP contribution in [0.2, 0.25) is 0 Å². The lowest BCUT2D eigenvalue weighted by atomic mass is 10.1. The summed E-state index contributed by atoms with van der Waals surface area (Å²) in [6.45, 7) is 2.10. The Morgan fingerprint density at radius 3 is 2.36 bits per heavy atom. The maximum Gasteiger partial charge on any atom is 0.244 e. The van der Waals surface area contributed by atoms with Gasteiger partial charge in [-0.1, -0.05) is 43.7 Å². The number of nitrogens with one attached hydrogen (secondary N) is 1. The lowest BCUT2D eigenvalue weighted by Gasteiger charge is -2.08. The van der Waals surface area contributed by atoms with Crippen molar-refractivity contribution in [2.75, 3.05) is 5.32 Å². The number of unbranched alkanes of at least 4 members (excludes halogenated alkanes) is 1. The molecule has 0 saturated carbocycles. The van der Waals surface area contributed by atoms with Gasteiger partial charge in [0, 0.05) is 22.8 Å². The maximum absolute atomic E-state index is 13.3. The molecule has 1 aromatic heterocycles.